The number of hydrogen-bond acceptors (Lipinski definition) is 4. The van der Waals surface area contributed by atoms with Gasteiger partial charge in [0.25, 0.3) is 5.91 Å². The molecule has 7 heteroatoms. The first kappa shape index (κ1) is 21.8. The molecule has 28 heavy (non-hydrogen) atoms. The highest BCUT2D eigenvalue weighted by Crippen LogP contribution is 2.35. The highest BCUT2D eigenvalue weighted by Gasteiger charge is 2.15. The number of likely N-dealkylation sites (N-methyl/N-ethyl adjacent to an activating group) is 1. The van der Waals surface area contributed by atoms with Gasteiger partial charge in [-0.2, -0.15) is 5.26 Å². The van der Waals surface area contributed by atoms with Gasteiger partial charge in [-0.3, -0.25) is 4.79 Å². The van der Waals surface area contributed by atoms with E-state index in [4.69, 9.17) is 21.1 Å². The Hall–Kier alpha value is -2.49. The van der Waals surface area contributed by atoms with Crippen molar-refractivity contribution in [2.24, 2.45) is 0 Å². The fraction of sp³-hybridized carbons (Fsp3) is 0.238. The molecule has 5 nitrogen and oxygen atoms in total. The van der Waals surface area contributed by atoms with E-state index in [1.807, 2.05) is 31.2 Å². The van der Waals surface area contributed by atoms with Gasteiger partial charge in [-0.25, -0.2) is 0 Å². The Morgan fingerprint density at radius 3 is 2.54 bits per heavy atom. The summed E-state index contributed by atoms with van der Waals surface area (Å²) in [5, 5.41) is 9.94. The van der Waals surface area contributed by atoms with E-state index in [2.05, 4.69) is 15.9 Å². The van der Waals surface area contributed by atoms with Gasteiger partial charge in [-0.15, -0.1) is 0 Å². The quantitative estimate of drug-likeness (QED) is 0.424. The predicted octanol–water partition coefficient (Wildman–Crippen LogP) is 5.08. The van der Waals surface area contributed by atoms with Gasteiger partial charge in [0.1, 0.15) is 18.2 Å². The van der Waals surface area contributed by atoms with Crippen molar-refractivity contribution in [2.75, 3.05) is 20.7 Å². The van der Waals surface area contributed by atoms with Crippen LogP contribution < -0.4 is 9.47 Å². The van der Waals surface area contributed by atoms with Crippen molar-refractivity contribution in [3.8, 4) is 17.6 Å². The van der Waals surface area contributed by atoms with E-state index in [0.29, 0.717) is 33.2 Å². The molecule has 0 saturated heterocycles. The van der Waals surface area contributed by atoms with Crippen molar-refractivity contribution >= 4 is 39.5 Å². The zero-order valence-electron chi connectivity index (χ0n) is 15.8. The minimum absolute atomic E-state index is 0.0258. The standard InChI is InChI=1S/C21H20BrClN2O3/c1-4-27-19-10-15(9-16(12-24)21(26)25(2)3)17(22)11-20(19)28-13-14-7-5-6-8-18(14)23/h5-11H,4,13H2,1-3H3/b16-9-. The van der Waals surface area contributed by atoms with Crippen LogP contribution in [0.5, 0.6) is 11.5 Å². The number of benzene rings is 2. The molecule has 2 rings (SSSR count). The summed E-state index contributed by atoms with van der Waals surface area (Å²) in [5.41, 5.74) is 1.52. The number of carbonyl (C=O) groups excluding carboxylic acids is 1. The largest absolute Gasteiger partial charge is 0.490 e. The van der Waals surface area contributed by atoms with Gasteiger partial charge in [0.05, 0.1) is 6.61 Å². The first-order valence-corrected chi connectivity index (χ1v) is 9.70. The molecule has 0 aliphatic heterocycles. The molecular weight excluding hydrogens is 444 g/mol. The van der Waals surface area contributed by atoms with Crippen LogP contribution in [-0.4, -0.2) is 31.5 Å². The number of nitriles is 1. The maximum absolute atomic E-state index is 12.1. The number of nitrogens with zero attached hydrogens (tertiary/aromatic N) is 2. The van der Waals surface area contributed by atoms with Crippen LogP contribution in [0, 0.1) is 11.3 Å². The summed E-state index contributed by atoms with van der Waals surface area (Å²) in [7, 11) is 3.19. The monoisotopic (exact) mass is 462 g/mol. The zero-order chi connectivity index (χ0) is 20.7. The first-order chi connectivity index (χ1) is 13.4. The van der Waals surface area contributed by atoms with Crippen LogP contribution in [0.2, 0.25) is 5.02 Å². The van der Waals surface area contributed by atoms with Crippen LogP contribution >= 0.6 is 27.5 Å². The van der Waals surface area contributed by atoms with Gasteiger partial charge in [0.2, 0.25) is 0 Å². The number of amides is 1. The van der Waals surface area contributed by atoms with Crippen molar-refractivity contribution in [1.82, 2.24) is 4.90 Å². The van der Waals surface area contributed by atoms with Crippen molar-refractivity contribution in [3.05, 3.63) is 62.6 Å². The maximum Gasteiger partial charge on any atom is 0.264 e. The predicted molar refractivity (Wildman–Crippen MR) is 113 cm³/mol. The number of carbonyl (C=O) groups is 1. The lowest BCUT2D eigenvalue weighted by Crippen LogP contribution is -2.22. The molecule has 0 unspecified atom stereocenters. The van der Waals surface area contributed by atoms with Crippen LogP contribution in [0.3, 0.4) is 0 Å². The summed E-state index contributed by atoms with van der Waals surface area (Å²) in [6, 6.07) is 12.9. The van der Waals surface area contributed by atoms with Gasteiger partial charge in [-0.05, 0) is 36.8 Å². The first-order valence-electron chi connectivity index (χ1n) is 8.53. The normalized spacial score (nSPS) is 10.9. The van der Waals surface area contributed by atoms with Crippen molar-refractivity contribution in [1.29, 1.82) is 5.26 Å². The molecule has 0 aromatic heterocycles. The van der Waals surface area contributed by atoms with Crippen molar-refractivity contribution in [2.45, 2.75) is 13.5 Å². The van der Waals surface area contributed by atoms with Gasteiger partial charge < -0.3 is 14.4 Å². The van der Waals surface area contributed by atoms with Crippen LogP contribution in [0.4, 0.5) is 0 Å². The summed E-state index contributed by atoms with van der Waals surface area (Å²) in [6.45, 7) is 2.59. The second kappa shape index (κ2) is 10.2. The van der Waals surface area contributed by atoms with Crippen LogP contribution in [-0.2, 0) is 11.4 Å². The van der Waals surface area contributed by atoms with Crippen LogP contribution in [0.25, 0.3) is 6.08 Å². The van der Waals surface area contributed by atoms with Crippen molar-refractivity contribution < 1.29 is 14.3 Å². The Balaban J connectivity index is 2.37. The molecule has 1 amide bonds. The van der Waals surface area contributed by atoms with Crippen LogP contribution in [0.1, 0.15) is 18.1 Å². The van der Waals surface area contributed by atoms with Gasteiger partial charge in [0, 0.05) is 29.2 Å². The van der Waals surface area contributed by atoms with E-state index in [9.17, 15) is 10.1 Å². The second-order valence-corrected chi connectivity index (χ2v) is 7.26. The molecule has 0 aliphatic carbocycles. The van der Waals surface area contributed by atoms with Crippen molar-refractivity contribution in [3.63, 3.8) is 0 Å². The maximum atomic E-state index is 12.1. The zero-order valence-corrected chi connectivity index (χ0v) is 18.2. The fourth-order valence-corrected chi connectivity index (χ4v) is 2.98. The molecule has 0 atom stereocenters. The third-order valence-electron chi connectivity index (χ3n) is 3.76. The highest BCUT2D eigenvalue weighted by molar-refractivity contribution is 9.10. The number of halogens is 2. The Labute approximate surface area is 178 Å². The molecule has 0 heterocycles. The summed E-state index contributed by atoms with van der Waals surface area (Å²) < 4.78 is 12.3. The van der Waals surface area contributed by atoms with E-state index in [1.54, 1.807) is 32.3 Å². The molecule has 0 fully saturated rings. The SMILES string of the molecule is CCOc1cc(/C=C(/C#N)C(=O)N(C)C)c(Br)cc1OCc1ccccc1Cl. The molecular formula is C21H20BrClN2O3. The number of ether oxygens (including phenoxy) is 2. The average Bonchev–Trinajstić information content (AvgIpc) is 2.67. The minimum atomic E-state index is -0.369. The molecule has 146 valence electrons. The summed E-state index contributed by atoms with van der Waals surface area (Å²) in [4.78, 5) is 13.5. The van der Waals surface area contributed by atoms with Gasteiger partial charge in [0.15, 0.2) is 11.5 Å². The molecule has 2 aromatic carbocycles. The average molecular weight is 464 g/mol. The lowest BCUT2D eigenvalue weighted by Gasteiger charge is -2.15. The van der Waals surface area contributed by atoms with E-state index in [1.165, 1.54) is 11.0 Å². The molecule has 0 spiro atoms. The highest BCUT2D eigenvalue weighted by atomic mass is 79.9. The topological polar surface area (TPSA) is 62.6 Å². The third-order valence-corrected chi connectivity index (χ3v) is 4.82. The van der Waals surface area contributed by atoms with Gasteiger partial charge >= 0.3 is 0 Å². The fourth-order valence-electron chi connectivity index (χ4n) is 2.35. The molecule has 0 saturated carbocycles. The minimum Gasteiger partial charge on any atom is -0.490 e. The lowest BCUT2D eigenvalue weighted by molar-refractivity contribution is -0.124. The molecule has 0 bridgehead atoms. The summed E-state index contributed by atoms with van der Waals surface area (Å²) in [6.07, 6.45) is 1.52. The Bertz CT molecular complexity index is 936. The summed E-state index contributed by atoms with van der Waals surface area (Å²) >= 11 is 9.66. The smallest absolute Gasteiger partial charge is 0.264 e. The van der Waals surface area contributed by atoms with E-state index >= 15 is 0 Å². The Kier molecular flexibility index (Phi) is 7.91. The molecule has 0 N–H and O–H groups in total. The number of hydrogen-bond donors (Lipinski definition) is 0. The molecule has 0 radical (unpaired) electrons. The van der Waals surface area contributed by atoms with Gasteiger partial charge in [-0.1, -0.05) is 45.7 Å². The Morgan fingerprint density at radius 2 is 1.93 bits per heavy atom. The molecule has 2 aromatic rings. The third kappa shape index (κ3) is 5.51. The van der Waals surface area contributed by atoms with E-state index in [0.717, 1.165) is 5.56 Å². The second-order valence-electron chi connectivity index (χ2n) is 6.00. The summed E-state index contributed by atoms with van der Waals surface area (Å²) in [5.74, 6) is 0.674. The van der Waals surface area contributed by atoms with Crippen LogP contribution in [0.15, 0.2) is 46.4 Å². The molecule has 0 aliphatic rings. The lowest BCUT2D eigenvalue weighted by atomic mass is 10.1. The number of rotatable bonds is 7. The van der Waals surface area contributed by atoms with E-state index in [-0.39, 0.29) is 18.1 Å². The Morgan fingerprint density at radius 1 is 1.25 bits per heavy atom. The van der Waals surface area contributed by atoms with E-state index < -0.39 is 0 Å².